The van der Waals surface area contributed by atoms with E-state index in [9.17, 15) is 8.42 Å². The Kier molecular flexibility index (Phi) is 3.90. The zero-order valence-electron chi connectivity index (χ0n) is 9.17. The first-order valence-electron chi connectivity index (χ1n) is 5.03. The molecule has 2 aromatic heterocycles. The second kappa shape index (κ2) is 5.42. The number of H-pyrrole nitrogens is 1. The maximum absolute atomic E-state index is 11.8. The van der Waals surface area contributed by atoms with Gasteiger partial charge in [-0.05, 0) is 11.6 Å². The molecule has 0 saturated carbocycles. The normalized spacial score (nSPS) is 11.6. The number of hydrogen-bond acceptors (Lipinski definition) is 5. The molecule has 2 heterocycles. The van der Waals surface area contributed by atoms with Gasteiger partial charge in [0, 0.05) is 25.4 Å². The molecule has 2 N–H and O–H groups in total. The number of aromatic amines is 1. The minimum atomic E-state index is -3.61. The molecule has 0 aliphatic rings. The van der Waals surface area contributed by atoms with Crippen LogP contribution < -0.4 is 4.72 Å². The third-order valence-electron chi connectivity index (χ3n) is 2.12. The highest BCUT2D eigenvalue weighted by Gasteiger charge is 2.14. The van der Waals surface area contributed by atoms with Crippen LogP contribution in [0.4, 0.5) is 0 Å². The van der Waals surface area contributed by atoms with E-state index in [1.807, 2.05) is 0 Å². The van der Waals surface area contributed by atoms with Gasteiger partial charge in [-0.2, -0.15) is 0 Å². The van der Waals surface area contributed by atoms with Crippen LogP contribution in [-0.2, 0) is 16.4 Å². The maximum atomic E-state index is 11.8. The summed E-state index contributed by atoms with van der Waals surface area (Å²) < 4.78 is 26.0. The van der Waals surface area contributed by atoms with Crippen LogP contribution in [0.3, 0.4) is 0 Å². The first-order chi connectivity index (χ1) is 8.58. The topological polar surface area (TPSA) is 101 Å². The molecule has 0 unspecified atom stereocenters. The smallest absolute Gasteiger partial charge is 0.243 e. The Morgan fingerprint density at radius 3 is 2.61 bits per heavy atom. The molecule has 0 bridgehead atoms. The van der Waals surface area contributed by atoms with Crippen LogP contribution in [0.2, 0.25) is 5.28 Å². The fourth-order valence-corrected chi connectivity index (χ4v) is 2.28. The Labute approximate surface area is 109 Å². The number of aromatic nitrogens is 4. The average molecular weight is 288 g/mol. The van der Waals surface area contributed by atoms with Gasteiger partial charge in [-0.1, -0.05) is 0 Å². The Balaban J connectivity index is 1.97. The predicted molar refractivity (Wildman–Crippen MR) is 64.5 cm³/mol. The molecule has 2 aromatic rings. The van der Waals surface area contributed by atoms with E-state index in [0.717, 1.165) is 12.4 Å². The van der Waals surface area contributed by atoms with E-state index in [4.69, 9.17) is 11.6 Å². The zero-order valence-corrected chi connectivity index (χ0v) is 10.7. The van der Waals surface area contributed by atoms with E-state index in [1.54, 1.807) is 12.4 Å². The van der Waals surface area contributed by atoms with Gasteiger partial charge >= 0.3 is 0 Å². The number of nitrogens with one attached hydrogen (secondary N) is 2. The summed E-state index contributed by atoms with van der Waals surface area (Å²) in [5.74, 6) is 0.713. The number of sulfonamides is 1. The highest BCUT2D eigenvalue weighted by molar-refractivity contribution is 7.89. The average Bonchev–Trinajstić information content (AvgIpc) is 2.82. The maximum Gasteiger partial charge on any atom is 0.243 e. The minimum absolute atomic E-state index is 0.00420. The quantitative estimate of drug-likeness (QED) is 0.774. The molecule has 9 heteroatoms. The third kappa shape index (κ3) is 3.25. The van der Waals surface area contributed by atoms with Crippen LogP contribution >= 0.6 is 11.6 Å². The Hall–Kier alpha value is -1.51. The highest BCUT2D eigenvalue weighted by Crippen LogP contribution is 2.07. The molecule has 2 rings (SSSR count). The Bertz CT molecular complexity index is 596. The van der Waals surface area contributed by atoms with E-state index in [2.05, 4.69) is 24.7 Å². The zero-order chi connectivity index (χ0) is 13.0. The summed E-state index contributed by atoms with van der Waals surface area (Å²) in [6.07, 6.45) is 6.07. The van der Waals surface area contributed by atoms with Crippen molar-refractivity contribution in [1.82, 2.24) is 24.7 Å². The van der Waals surface area contributed by atoms with Crippen LogP contribution in [0.25, 0.3) is 0 Å². The summed E-state index contributed by atoms with van der Waals surface area (Å²) in [4.78, 5) is 14.1. The monoisotopic (exact) mass is 287 g/mol. The Morgan fingerprint density at radius 1 is 1.28 bits per heavy atom. The molecular formula is C9H10ClN5O2S. The third-order valence-corrected chi connectivity index (χ3v) is 3.73. The standard InChI is InChI=1S/C9H10ClN5O2S/c10-9-13-5-7(6-14-9)18(16,17)15-2-1-8-11-3-4-12-8/h3-6,15H,1-2H2,(H,11,12). The molecular weight excluding hydrogens is 278 g/mol. The van der Waals surface area contributed by atoms with E-state index in [-0.39, 0.29) is 16.7 Å². The van der Waals surface area contributed by atoms with E-state index in [0.29, 0.717) is 12.2 Å². The van der Waals surface area contributed by atoms with Crippen molar-refractivity contribution in [2.24, 2.45) is 0 Å². The lowest BCUT2D eigenvalue weighted by atomic mass is 10.4. The first kappa shape index (κ1) is 12.9. The van der Waals surface area contributed by atoms with Crippen LogP contribution in [0, 0.1) is 0 Å². The van der Waals surface area contributed by atoms with Crippen molar-refractivity contribution in [3.05, 3.63) is 35.9 Å². The second-order valence-electron chi connectivity index (χ2n) is 3.37. The van der Waals surface area contributed by atoms with Gasteiger partial charge in [-0.3, -0.25) is 0 Å². The van der Waals surface area contributed by atoms with Gasteiger partial charge in [-0.15, -0.1) is 0 Å². The molecule has 7 nitrogen and oxygen atoms in total. The van der Waals surface area contributed by atoms with E-state index < -0.39 is 10.0 Å². The number of hydrogen-bond donors (Lipinski definition) is 2. The number of halogens is 1. The number of imidazole rings is 1. The summed E-state index contributed by atoms with van der Waals surface area (Å²) in [6, 6.07) is 0. The molecule has 0 fully saturated rings. The van der Waals surface area contributed by atoms with Crippen molar-refractivity contribution in [3.8, 4) is 0 Å². The van der Waals surface area contributed by atoms with Gasteiger partial charge in [0.2, 0.25) is 15.3 Å². The molecule has 0 aromatic carbocycles. The van der Waals surface area contributed by atoms with Crippen molar-refractivity contribution in [3.63, 3.8) is 0 Å². The van der Waals surface area contributed by atoms with Gasteiger partial charge in [0.05, 0.1) is 12.4 Å². The van der Waals surface area contributed by atoms with E-state index in [1.165, 1.54) is 0 Å². The van der Waals surface area contributed by atoms with Gasteiger partial charge in [0.1, 0.15) is 10.7 Å². The van der Waals surface area contributed by atoms with Crippen molar-refractivity contribution >= 4 is 21.6 Å². The van der Waals surface area contributed by atoms with Crippen molar-refractivity contribution < 1.29 is 8.42 Å². The first-order valence-corrected chi connectivity index (χ1v) is 6.89. The van der Waals surface area contributed by atoms with Crippen molar-refractivity contribution in [2.75, 3.05) is 6.54 Å². The molecule has 0 amide bonds. The van der Waals surface area contributed by atoms with Crippen LogP contribution in [0.5, 0.6) is 0 Å². The molecule has 0 atom stereocenters. The molecule has 96 valence electrons. The lowest BCUT2D eigenvalue weighted by Crippen LogP contribution is -2.26. The number of nitrogens with zero attached hydrogens (tertiary/aromatic N) is 3. The summed E-state index contributed by atoms with van der Waals surface area (Å²) >= 11 is 5.48. The molecule has 18 heavy (non-hydrogen) atoms. The second-order valence-corrected chi connectivity index (χ2v) is 5.48. The fourth-order valence-electron chi connectivity index (χ4n) is 1.26. The van der Waals surface area contributed by atoms with Gasteiger partial charge in [-0.25, -0.2) is 28.1 Å². The largest absolute Gasteiger partial charge is 0.349 e. The molecule has 0 spiro atoms. The molecule has 0 saturated heterocycles. The summed E-state index contributed by atoms with van der Waals surface area (Å²) in [6.45, 7) is 0.235. The Morgan fingerprint density at radius 2 is 2.00 bits per heavy atom. The highest BCUT2D eigenvalue weighted by atomic mass is 35.5. The predicted octanol–water partition coefficient (Wildman–Crippen LogP) is 0.374. The van der Waals surface area contributed by atoms with Crippen LogP contribution in [-0.4, -0.2) is 34.9 Å². The van der Waals surface area contributed by atoms with E-state index >= 15 is 0 Å². The van der Waals surface area contributed by atoms with Crippen molar-refractivity contribution in [2.45, 2.75) is 11.3 Å². The number of rotatable bonds is 5. The van der Waals surface area contributed by atoms with Crippen LogP contribution in [0.15, 0.2) is 29.7 Å². The summed E-state index contributed by atoms with van der Waals surface area (Å²) in [5.41, 5.74) is 0. The lowest BCUT2D eigenvalue weighted by Gasteiger charge is -2.04. The molecule has 0 aliphatic heterocycles. The van der Waals surface area contributed by atoms with Gasteiger partial charge < -0.3 is 4.98 Å². The van der Waals surface area contributed by atoms with Crippen LogP contribution in [0.1, 0.15) is 5.82 Å². The van der Waals surface area contributed by atoms with Crippen molar-refractivity contribution in [1.29, 1.82) is 0 Å². The SMILES string of the molecule is O=S(=O)(NCCc1ncc[nH]1)c1cnc(Cl)nc1. The summed E-state index contributed by atoms with van der Waals surface area (Å²) in [7, 11) is -3.61. The lowest BCUT2D eigenvalue weighted by molar-refractivity contribution is 0.580. The van der Waals surface area contributed by atoms with Gasteiger partial charge in [0.15, 0.2) is 0 Å². The van der Waals surface area contributed by atoms with Gasteiger partial charge in [0.25, 0.3) is 0 Å². The summed E-state index contributed by atoms with van der Waals surface area (Å²) in [5, 5.41) is 0.00420. The minimum Gasteiger partial charge on any atom is -0.349 e. The fraction of sp³-hybridized carbons (Fsp3) is 0.222. The molecule has 0 aliphatic carbocycles. The molecule has 0 radical (unpaired) electrons.